The monoisotopic (exact) mass is 406 g/mol. The van der Waals surface area contributed by atoms with Gasteiger partial charge in [0.2, 0.25) is 0 Å². The van der Waals surface area contributed by atoms with Gasteiger partial charge in [0.25, 0.3) is 0 Å². The van der Waals surface area contributed by atoms with Crippen LogP contribution < -0.4 is 0 Å². The van der Waals surface area contributed by atoms with Crippen LogP contribution in [0, 0.1) is 17.5 Å². The van der Waals surface area contributed by atoms with Crippen LogP contribution in [0.15, 0.2) is 60.7 Å². The van der Waals surface area contributed by atoms with E-state index in [4.69, 9.17) is 0 Å². The molecule has 1 aliphatic rings. The van der Waals surface area contributed by atoms with Crippen molar-refractivity contribution in [3.05, 3.63) is 100 Å². The maximum absolute atomic E-state index is 14.8. The molecule has 0 spiro atoms. The van der Waals surface area contributed by atoms with Crippen molar-refractivity contribution in [2.75, 3.05) is 0 Å². The molecule has 3 heteroatoms. The number of halogens is 3. The average Bonchev–Trinajstić information content (AvgIpc) is 2.74. The van der Waals surface area contributed by atoms with E-state index in [1.54, 1.807) is 18.2 Å². The Kier molecular flexibility index (Phi) is 6.08. The van der Waals surface area contributed by atoms with Gasteiger partial charge in [0.1, 0.15) is 17.5 Å². The molecule has 0 nitrogen and oxygen atoms in total. The third-order valence-corrected chi connectivity index (χ3v) is 5.84. The molecule has 3 aromatic carbocycles. The number of fused-ring (bicyclic) bond motifs is 1. The van der Waals surface area contributed by atoms with Crippen molar-refractivity contribution in [1.29, 1.82) is 0 Å². The zero-order chi connectivity index (χ0) is 21.1. The first-order valence-corrected chi connectivity index (χ1v) is 10.6. The quantitative estimate of drug-likeness (QED) is 0.368. The van der Waals surface area contributed by atoms with Gasteiger partial charge in [-0.25, -0.2) is 13.2 Å². The number of hydrogen-bond donors (Lipinski definition) is 0. The summed E-state index contributed by atoms with van der Waals surface area (Å²) in [4.78, 5) is 0. The number of unbranched alkanes of at least 4 members (excludes halogenated alkanes) is 2. The van der Waals surface area contributed by atoms with Gasteiger partial charge in [-0.3, -0.25) is 0 Å². The molecule has 0 heterocycles. The highest BCUT2D eigenvalue weighted by Crippen LogP contribution is 2.34. The van der Waals surface area contributed by atoms with Gasteiger partial charge in [-0.15, -0.1) is 0 Å². The fraction of sp³-hybridized carbons (Fsp3) is 0.259. The van der Waals surface area contributed by atoms with E-state index in [2.05, 4.69) is 6.92 Å². The second-order valence-electron chi connectivity index (χ2n) is 7.99. The Balaban J connectivity index is 1.56. The van der Waals surface area contributed by atoms with Gasteiger partial charge >= 0.3 is 0 Å². The summed E-state index contributed by atoms with van der Waals surface area (Å²) in [5.74, 6) is -0.890. The Labute approximate surface area is 176 Å². The van der Waals surface area contributed by atoms with Crippen molar-refractivity contribution in [3.63, 3.8) is 0 Å². The summed E-state index contributed by atoms with van der Waals surface area (Å²) in [5.41, 5.74) is 5.54. The van der Waals surface area contributed by atoms with Crippen LogP contribution in [-0.4, -0.2) is 0 Å². The third kappa shape index (κ3) is 4.35. The van der Waals surface area contributed by atoms with Gasteiger partial charge in [-0.05, 0) is 83.8 Å². The molecular formula is C27H25F3. The van der Waals surface area contributed by atoms with Crippen LogP contribution >= 0.6 is 0 Å². The zero-order valence-corrected chi connectivity index (χ0v) is 17.2. The van der Waals surface area contributed by atoms with E-state index in [-0.39, 0.29) is 17.5 Å². The molecule has 4 rings (SSSR count). The number of hydrogen-bond acceptors (Lipinski definition) is 0. The Hall–Kier alpha value is -2.81. The Bertz CT molecular complexity index is 1080. The molecule has 154 valence electrons. The van der Waals surface area contributed by atoms with Crippen LogP contribution in [0.1, 0.15) is 48.4 Å². The Morgan fingerprint density at radius 1 is 0.767 bits per heavy atom. The van der Waals surface area contributed by atoms with Crippen LogP contribution in [0.2, 0.25) is 0 Å². The summed E-state index contributed by atoms with van der Waals surface area (Å²) in [6, 6.07) is 14.7. The van der Waals surface area contributed by atoms with Crippen LogP contribution in [0.3, 0.4) is 0 Å². The van der Waals surface area contributed by atoms with Crippen LogP contribution in [0.5, 0.6) is 0 Å². The second-order valence-corrected chi connectivity index (χ2v) is 7.99. The number of benzene rings is 3. The van der Waals surface area contributed by atoms with Crippen molar-refractivity contribution in [3.8, 4) is 11.1 Å². The molecule has 0 saturated heterocycles. The molecule has 0 fully saturated rings. The number of allylic oxidation sites excluding steroid dienone is 2. The van der Waals surface area contributed by atoms with E-state index in [0.29, 0.717) is 29.5 Å². The van der Waals surface area contributed by atoms with Gasteiger partial charge in [0.05, 0.1) is 0 Å². The fourth-order valence-corrected chi connectivity index (χ4v) is 4.13. The highest BCUT2D eigenvalue weighted by atomic mass is 19.1. The molecule has 0 atom stereocenters. The molecule has 0 radical (unpaired) electrons. The first-order chi connectivity index (χ1) is 14.5. The molecule has 0 unspecified atom stereocenters. The summed E-state index contributed by atoms with van der Waals surface area (Å²) in [6.45, 7) is 2.16. The minimum Gasteiger partial charge on any atom is -0.207 e. The first kappa shape index (κ1) is 20.5. The highest BCUT2D eigenvalue weighted by Gasteiger charge is 2.18. The lowest BCUT2D eigenvalue weighted by molar-refractivity contribution is 0.618. The predicted molar refractivity (Wildman–Crippen MR) is 117 cm³/mol. The summed E-state index contributed by atoms with van der Waals surface area (Å²) in [7, 11) is 0. The van der Waals surface area contributed by atoms with Gasteiger partial charge in [0.15, 0.2) is 0 Å². The van der Waals surface area contributed by atoms with Crippen molar-refractivity contribution >= 4 is 5.57 Å². The lowest BCUT2D eigenvalue weighted by atomic mass is 9.85. The molecule has 30 heavy (non-hydrogen) atoms. The lowest BCUT2D eigenvalue weighted by Crippen LogP contribution is -2.06. The SMILES string of the molecule is CCCCCc1ccc(C2=CCc3cc(-c4ccc(F)cc4)c(F)cc3C2)c(F)c1. The Morgan fingerprint density at radius 2 is 1.53 bits per heavy atom. The van der Waals surface area contributed by atoms with Crippen LogP contribution in [0.4, 0.5) is 13.2 Å². The molecule has 1 aliphatic carbocycles. The van der Waals surface area contributed by atoms with Gasteiger partial charge in [0, 0.05) is 11.1 Å². The maximum Gasteiger partial charge on any atom is 0.131 e. The van der Waals surface area contributed by atoms with E-state index >= 15 is 0 Å². The molecule has 0 amide bonds. The van der Waals surface area contributed by atoms with Crippen molar-refractivity contribution in [2.24, 2.45) is 0 Å². The molecule has 0 saturated carbocycles. The summed E-state index contributed by atoms with van der Waals surface area (Å²) in [6.07, 6.45) is 7.41. The molecular weight excluding hydrogens is 381 g/mol. The van der Waals surface area contributed by atoms with Crippen molar-refractivity contribution in [2.45, 2.75) is 45.4 Å². The van der Waals surface area contributed by atoms with E-state index in [9.17, 15) is 13.2 Å². The standard InChI is InChI=1S/C27H25F3/c1-2-3-4-5-18-6-13-24(26(29)14-18)21-8-7-20-16-25(27(30)17-22(20)15-21)19-9-11-23(28)12-10-19/h6,8-14,16-17H,2-5,7,15H2,1H3. The van der Waals surface area contributed by atoms with Gasteiger partial charge in [-0.1, -0.05) is 50.1 Å². The number of rotatable bonds is 6. The molecule has 0 N–H and O–H groups in total. The first-order valence-electron chi connectivity index (χ1n) is 10.6. The second kappa shape index (κ2) is 8.91. The fourth-order valence-electron chi connectivity index (χ4n) is 4.13. The smallest absolute Gasteiger partial charge is 0.131 e. The normalized spacial score (nSPS) is 13.1. The molecule has 0 aliphatic heterocycles. The van der Waals surface area contributed by atoms with Crippen molar-refractivity contribution < 1.29 is 13.2 Å². The number of aryl methyl sites for hydroxylation is 1. The summed E-state index contributed by atoms with van der Waals surface area (Å²) in [5, 5.41) is 0. The van der Waals surface area contributed by atoms with Crippen molar-refractivity contribution in [1.82, 2.24) is 0 Å². The topological polar surface area (TPSA) is 0 Å². The van der Waals surface area contributed by atoms with E-state index < -0.39 is 0 Å². The van der Waals surface area contributed by atoms with Gasteiger partial charge in [-0.2, -0.15) is 0 Å². The van der Waals surface area contributed by atoms with Gasteiger partial charge < -0.3 is 0 Å². The minimum absolute atomic E-state index is 0.206. The Morgan fingerprint density at radius 3 is 2.27 bits per heavy atom. The van der Waals surface area contributed by atoms with E-state index in [0.717, 1.165) is 47.9 Å². The highest BCUT2D eigenvalue weighted by molar-refractivity contribution is 5.73. The molecule has 3 aromatic rings. The van der Waals surface area contributed by atoms with Crippen LogP contribution in [-0.2, 0) is 19.3 Å². The lowest BCUT2D eigenvalue weighted by Gasteiger charge is -2.20. The summed E-state index contributed by atoms with van der Waals surface area (Å²) >= 11 is 0. The summed E-state index contributed by atoms with van der Waals surface area (Å²) < 4.78 is 42.7. The van der Waals surface area contributed by atoms with E-state index in [1.807, 2.05) is 24.3 Å². The van der Waals surface area contributed by atoms with E-state index in [1.165, 1.54) is 18.2 Å². The average molecular weight is 406 g/mol. The third-order valence-electron chi connectivity index (χ3n) is 5.84. The molecule has 0 aromatic heterocycles. The molecule has 0 bridgehead atoms. The largest absolute Gasteiger partial charge is 0.207 e. The zero-order valence-electron chi connectivity index (χ0n) is 17.2. The minimum atomic E-state index is -0.344. The predicted octanol–water partition coefficient (Wildman–Crippen LogP) is 7.69. The maximum atomic E-state index is 14.8. The van der Waals surface area contributed by atoms with Crippen LogP contribution in [0.25, 0.3) is 16.7 Å².